The molecule has 3 N–H and O–H groups in total. The zero-order valence-electron chi connectivity index (χ0n) is 10.6. The summed E-state index contributed by atoms with van der Waals surface area (Å²) in [5.74, 6) is 0.798. The van der Waals surface area contributed by atoms with Crippen LogP contribution >= 0.6 is 0 Å². The van der Waals surface area contributed by atoms with Crippen molar-refractivity contribution in [3.05, 3.63) is 53.7 Å². The molecule has 1 aromatic heterocycles. The molecule has 5 heteroatoms. The fourth-order valence-electron chi connectivity index (χ4n) is 1.69. The van der Waals surface area contributed by atoms with Crippen molar-refractivity contribution in [3.63, 3.8) is 0 Å². The Morgan fingerprint density at radius 1 is 1.26 bits per heavy atom. The number of methoxy groups -OCH3 is 1. The lowest BCUT2D eigenvalue weighted by atomic mass is 10.2. The number of carbonyl (C=O) groups is 1. The van der Waals surface area contributed by atoms with Gasteiger partial charge in [-0.15, -0.1) is 0 Å². The summed E-state index contributed by atoms with van der Waals surface area (Å²) in [6.07, 6.45) is 0. The molecule has 0 spiro atoms. The molecule has 5 nitrogen and oxygen atoms in total. The van der Waals surface area contributed by atoms with E-state index < -0.39 is 0 Å². The summed E-state index contributed by atoms with van der Waals surface area (Å²) in [5, 5.41) is 2.78. The van der Waals surface area contributed by atoms with E-state index in [1.807, 2.05) is 24.3 Å². The maximum absolute atomic E-state index is 11.9. The molecular weight excluding hydrogens is 242 g/mol. The second kappa shape index (κ2) is 5.86. The quantitative estimate of drug-likeness (QED) is 0.872. The van der Waals surface area contributed by atoms with Crippen LogP contribution in [0.25, 0.3) is 0 Å². The van der Waals surface area contributed by atoms with Gasteiger partial charge in [0.2, 0.25) is 0 Å². The number of nitrogens with two attached hydrogens (primary N) is 1. The monoisotopic (exact) mass is 257 g/mol. The van der Waals surface area contributed by atoms with Crippen LogP contribution < -0.4 is 15.8 Å². The van der Waals surface area contributed by atoms with Crippen LogP contribution in [0.4, 0.5) is 5.82 Å². The van der Waals surface area contributed by atoms with Gasteiger partial charge < -0.3 is 15.8 Å². The summed E-state index contributed by atoms with van der Waals surface area (Å²) in [4.78, 5) is 15.9. The molecule has 0 saturated heterocycles. The largest absolute Gasteiger partial charge is 0.496 e. The van der Waals surface area contributed by atoms with Gasteiger partial charge in [0, 0.05) is 12.1 Å². The van der Waals surface area contributed by atoms with E-state index >= 15 is 0 Å². The Morgan fingerprint density at radius 2 is 2.05 bits per heavy atom. The predicted molar refractivity (Wildman–Crippen MR) is 72.8 cm³/mol. The maximum atomic E-state index is 11.9. The van der Waals surface area contributed by atoms with Crippen LogP contribution in [-0.2, 0) is 6.54 Å². The summed E-state index contributed by atoms with van der Waals surface area (Å²) >= 11 is 0. The minimum absolute atomic E-state index is 0.266. The number of pyridine rings is 1. The Balaban J connectivity index is 2.04. The number of ether oxygens (including phenoxy) is 1. The number of hydrogen-bond donors (Lipinski definition) is 2. The topological polar surface area (TPSA) is 77.2 Å². The number of aromatic nitrogens is 1. The van der Waals surface area contributed by atoms with Crippen LogP contribution in [0.5, 0.6) is 5.75 Å². The highest BCUT2D eigenvalue weighted by molar-refractivity contribution is 5.92. The molecule has 0 aliphatic heterocycles. The second-order valence-electron chi connectivity index (χ2n) is 3.94. The first-order valence-electron chi connectivity index (χ1n) is 5.83. The molecule has 0 unspecified atom stereocenters. The predicted octanol–water partition coefficient (Wildman–Crippen LogP) is 1.60. The number of hydrogen-bond acceptors (Lipinski definition) is 4. The smallest absolute Gasteiger partial charge is 0.270 e. The molecule has 0 fully saturated rings. The lowest BCUT2D eigenvalue weighted by Crippen LogP contribution is -2.24. The van der Waals surface area contributed by atoms with Gasteiger partial charge in [-0.2, -0.15) is 0 Å². The lowest BCUT2D eigenvalue weighted by Gasteiger charge is -2.09. The molecular formula is C14H15N3O2. The first-order chi connectivity index (χ1) is 9.20. The Kier molecular flexibility index (Phi) is 3.97. The molecule has 0 aliphatic carbocycles. The molecule has 1 amide bonds. The Morgan fingerprint density at radius 3 is 2.79 bits per heavy atom. The first kappa shape index (κ1) is 12.9. The number of benzene rings is 1. The van der Waals surface area contributed by atoms with E-state index in [0.29, 0.717) is 18.1 Å². The highest BCUT2D eigenvalue weighted by atomic mass is 16.5. The molecule has 0 atom stereocenters. The van der Waals surface area contributed by atoms with Gasteiger partial charge >= 0.3 is 0 Å². The lowest BCUT2D eigenvalue weighted by molar-refractivity contribution is 0.0946. The van der Waals surface area contributed by atoms with Gasteiger partial charge in [0.05, 0.1) is 7.11 Å². The van der Waals surface area contributed by atoms with Gasteiger partial charge in [0.15, 0.2) is 0 Å². The average molecular weight is 257 g/mol. The highest BCUT2D eigenvalue weighted by Gasteiger charge is 2.08. The second-order valence-corrected chi connectivity index (χ2v) is 3.94. The molecule has 0 saturated carbocycles. The Labute approximate surface area is 111 Å². The van der Waals surface area contributed by atoms with E-state index in [1.54, 1.807) is 25.3 Å². The van der Waals surface area contributed by atoms with E-state index in [1.165, 1.54) is 0 Å². The molecule has 19 heavy (non-hydrogen) atoms. The summed E-state index contributed by atoms with van der Waals surface area (Å²) in [7, 11) is 1.60. The number of nitrogens with zero attached hydrogens (tertiary/aromatic N) is 1. The van der Waals surface area contributed by atoms with Crippen molar-refractivity contribution in [3.8, 4) is 5.75 Å². The molecule has 1 heterocycles. The van der Waals surface area contributed by atoms with E-state index in [0.717, 1.165) is 11.3 Å². The molecule has 2 aromatic rings. The Hall–Kier alpha value is -2.56. The summed E-state index contributed by atoms with van der Waals surface area (Å²) in [6.45, 7) is 0.374. The standard InChI is InChI=1S/C14H15N3O2/c1-19-12-7-3-2-5-10(12)9-16-14(18)11-6-4-8-13(15)17-11/h2-8H,9H2,1H3,(H2,15,17)(H,16,18). The van der Waals surface area contributed by atoms with Crippen LogP contribution in [0.15, 0.2) is 42.5 Å². The van der Waals surface area contributed by atoms with E-state index in [9.17, 15) is 4.79 Å². The Bertz CT molecular complexity index is 584. The minimum Gasteiger partial charge on any atom is -0.496 e. The van der Waals surface area contributed by atoms with Crippen molar-refractivity contribution in [2.24, 2.45) is 0 Å². The fraction of sp³-hybridized carbons (Fsp3) is 0.143. The van der Waals surface area contributed by atoms with E-state index in [4.69, 9.17) is 10.5 Å². The van der Waals surface area contributed by atoms with Gasteiger partial charge in [0.25, 0.3) is 5.91 Å². The molecule has 0 radical (unpaired) electrons. The van der Waals surface area contributed by atoms with Crippen LogP contribution in [0.1, 0.15) is 16.1 Å². The number of rotatable bonds is 4. The highest BCUT2D eigenvalue weighted by Crippen LogP contribution is 2.16. The van der Waals surface area contributed by atoms with Gasteiger partial charge in [-0.3, -0.25) is 4.79 Å². The number of nitrogen functional groups attached to an aromatic ring is 1. The van der Waals surface area contributed by atoms with Gasteiger partial charge in [0.1, 0.15) is 17.3 Å². The van der Waals surface area contributed by atoms with Gasteiger partial charge in [-0.1, -0.05) is 24.3 Å². The number of para-hydroxylation sites is 1. The van der Waals surface area contributed by atoms with Crippen molar-refractivity contribution in [1.82, 2.24) is 10.3 Å². The first-order valence-corrected chi connectivity index (χ1v) is 5.83. The number of nitrogens with one attached hydrogen (secondary N) is 1. The van der Waals surface area contributed by atoms with E-state index in [2.05, 4.69) is 10.3 Å². The number of anilines is 1. The third-order valence-corrected chi connectivity index (χ3v) is 2.64. The zero-order chi connectivity index (χ0) is 13.7. The summed E-state index contributed by atoms with van der Waals surface area (Å²) in [6, 6.07) is 12.5. The van der Waals surface area contributed by atoms with Crippen LogP contribution in [0.2, 0.25) is 0 Å². The maximum Gasteiger partial charge on any atom is 0.270 e. The molecule has 1 aromatic carbocycles. The van der Waals surface area contributed by atoms with Gasteiger partial charge in [-0.05, 0) is 18.2 Å². The third kappa shape index (κ3) is 3.22. The van der Waals surface area contributed by atoms with E-state index in [-0.39, 0.29) is 5.91 Å². The third-order valence-electron chi connectivity index (χ3n) is 2.64. The van der Waals surface area contributed by atoms with Crippen LogP contribution in [0.3, 0.4) is 0 Å². The summed E-state index contributed by atoms with van der Waals surface area (Å²) in [5.41, 5.74) is 6.74. The zero-order valence-corrected chi connectivity index (χ0v) is 10.6. The fourth-order valence-corrected chi connectivity index (χ4v) is 1.69. The van der Waals surface area contributed by atoms with Crippen molar-refractivity contribution in [2.75, 3.05) is 12.8 Å². The SMILES string of the molecule is COc1ccccc1CNC(=O)c1cccc(N)n1. The number of amides is 1. The molecule has 98 valence electrons. The van der Waals surface area contributed by atoms with Crippen molar-refractivity contribution in [1.29, 1.82) is 0 Å². The van der Waals surface area contributed by atoms with Crippen LogP contribution in [0, 0.1) is 0 Å². The normalized spacial score (nSPS) is 9.95. The minimum atomic E-state index is -0.266. The van der Waals surface area contributed by atoms with Crippen molar-refractivity contribution in [2.45, 2.75) is 6.54 Å². The van der Waals surface area contributed by atoms with Crippen molar-refractivity contribution >= 4 is 11.7 Å². The molecule has 0 aliphatic rings. The summed E-state index contributed by atoms with van der Waals surface area (Å²) < 4.78 is 5.22. The molecule has 0 bridgehead atoms. The van der Waals surface area contributed by atoms with Crippen molar-refractivity contribution < 1.29 is 9.53 Å². The molecule has 2 rings (SSSR count). The van der Waals surface area contributed by atoms with Gasteiger partial charge in [-0.25, -0.2) is 4.98 Å². The average Bonchev–Trinajstić information content (AvgIpc) is 2.45. The number of carbonyl (C=O) groups excluding carboxylic acids is 1. The van der Waals surface area contributed by atoms with Crippen LogP contribution in [-0.4, -0.2) is 18.0 Å².